The van der Waals surface area contributed by atoms with Gasteiger partial charge in [-0.05, 0) is 37.6 Å². The Morgan fingerprint density at radius 3 is 2.69 bits per heavy atom. The normalized spacial score (nSPS) is 10.2. The van der Waals surface area contributed by atoms with E-state index >= 15 is 0 Å². The quantitative estimate of drug-likeness (QED) is 0.774. The van der Waals surface area contributed by atoms with Crippen LogP contribution in [0.25, 0.3) is 0 Å². The molecule has 4 heteroatoms. The summed E-state index contributed by atoms with van der Waals surface area (Å²) >= 11 is 0. The summed E-state index contributed by atoms with van der Waals surface area (Å²) in [5, 5.41) is 0. The van der Waals surface area contributed by atoms with Crippen LogP contribution < -0.4 is 15.2 Å². The maximum absolute atomic E-state index is 12.0. The van der Waals surface area contributed by atoms with Crippen molar-refractivity contribution < 1.29 is 13.9 Å². The van der Waals surface area contributed by atoms with E-state index in [0.29, 0.717) is 24.7 Å². The maximum Gasteiger partial charge on any atom is 0.161 e. The van der Waals surface area contributed by atoms with Gasteiger partial charge >= 0.3 is 0 Å². The van der Waals surface area contributed by atoms with Gasteiger partial charge in [0, 0.05) is 0 Å². The first-order valence-corrected chi connectivity index (χ1v) is 5.46. The second-order valence-corrected chi connectivity index (χ2v) is 3.29. The molecule has 0 spiro atoms. The molecule has 0 saturated heterocycles. The summed E-state index contributed by atoms with van der Waals surface area (Å²) in [7, 11) is 0. The fraction of sp³-hybridized carbons (Fsp3) is 0.500. The van der Waals surface area contributed by atoms with Crippen LogP contribution >= 0.6 is 0 Å². The van der Waals surface area contributed by atoms with E-state index in [-0.39, 0.29) is 6.61 Å². The van der Waals surface area contributed by atoms with Gasteiger partial charge in [-0.1, -0.05) is 6.07 Å². The molecule has 0 bridgehead atoms. The number of hydrogen-bond donors (Lipinski definition) is 1. The average molecular weight is 227 g/mol. The van der Waals surface area contributed by atoms with Gasteiger partial charge in [-0.25, -0.2) is 4.39 Å². The van der Waals surface area contributed by atoms with Gasteiger partial charge in [0.15, 0.2) is 11.5 Å². The highest BCUT2D eigenvalue weighted by Gasteiger charge is 2.06. The molecule has 1 aromatic rings. The smallest absolute Gasteiger partial charge is 0.161 e. The van der Waals surface area contributed by atoms with Gasteiger partial charge in [-0.15, -0.1) is 0 Å². The molecule has 0 amide bonds. The van der Waals surface area contributed by atoms with Crippen LogP contribution in [0.5, 0.6) is 11.5 Å². The Labute approximate surface area is 95.4 Å². The summed E-state index contributed by atoms with van der Waals surface area (Å²) in [6.45, 7) is 2.59. The largest absolute Gasteiger partial charge is 0.490 e. The molecular formula is C12H18FNO2. The van der Waals surface area contributed by atoms with E-state index in [0.717, 1.165) is 12.0 Å². The molecule has 0 radical (unpaired) electrons. The van der Waals surface area contributed by atoms with E-state index in [2.05, 4.69) is 0 Å². The summed E-state index contributed by atoms with van der Waals surface area (Å²) < 4.78 is 22.7. The number of benzene rings is 1. The Morgan fingerprint density at radius 2 is 2.06 bits per heavy atom. The lowest BCUT2D eigenvalue weighted by Gasteiger charge is -2.12. The molecule has 0 aromatic heterocycles. The Kier molecular flexibility index (Phi) is 5.64. The van der Waals surface area contributed by atoms with Gasteiger partial charge in [0.05, 0.1) is 6.61 Å². The molecule has 3 nitrogen and oxygen atoms in total. The van der Waals surface area contributed by atoms with Crippen molar-refractivity contribution in [2.45, 2.75) is 13.3 Å². The number of alkyl halides is 1. The predicted molar refractivity (Wildman–Crippen MR) is 61.8 cm³/mol. The predicted octanol–water partition coefficient (Wildman–Crippen LogP) is 1.93. The van der Waals surface area contributed by atoms with E-state index in [9.17, 15) is 4.39 Å². The van der Waals surface area contributed by atoms with Crippen LogP contribution in [0.1, 0.15) is 12.5 Å². The van der Waals surface area contributed by atoms with Crippen molar-refractivity contribution in [2.75, 3.05) is 26.4 Å². The average Bonchev–Trinajstić information content (AvgIpc) is 2.29. The second kappa shape index (κ2) is 7.06. The zero-order valence-electron chi connectivity index (χ0n) is 9.54. The molecule has 90 valence electrons. The lowest BCUT2D eigenvalue weighted by Crippen LogP contribution is -2.05. The van der Waals surface area contributed by atoms with Crippen molar-refractivity contribution in [3.63, 3.8) is 0 Å². The van der Waals surface area contributed by atoms with Gasteiger partial charge < -0.3 is 15.2 Å². The Morgan fingerprint density at radius 1 is 1.25 bits per heavy atom. The van der Waals surface area contributed by atoms with Crippen LogP contribution in [0.3, 0.4) is 0 Å². The molecule has 1 aromatic carbocycles. The first kappa shape index (κ1) is 12.8. The maximum atomic E-state index is 12.0. The lowest BCUT2D eigenvalue weighted by molar-refractivity contribution is 0.251. The topological polar surface area (TPSA) is 44.5 Å². The van der Waals surface area contributed by atoms with Crippen molar-refractivity contribution >= 4 is 0 Å². The van der Waals surface area contributed by atoms with Gasteiger partial charge in [-0.3, -0.25) is 0 Å². The van der Waals surface area contributed by atoms with Crippen molar-refractivity contribution in [1.29, 1.82) is 0 Å². The first-order valence-electron chi connectivity index (χ1n) is 5.46. The molecule has 0 aliphatic carbocycles. The van der Waals surface area contributed by atoms with Gasteiger partial charge in [-0.2, -0.15) is 0 Å². The number of halogens is 1. The molecule has 0 atom stereocenters. The molecule has 0 fully saturated rings. The van der Waals surface area contributed by atoms with Crippen LogP contribution in [0.2, 0.25) is 0 Å². The third-order valence-corrected chi connectivity index (χ3v) is 2.08. The highest BCUT2D eigenvalue weighted by atomic mass is 19.1. The highest BCUT2D eigenvalue weighted by molar-refractivity contribution is 5.43. The van der Waals surface area contributed by atoms with Crippen molar-refractivity contribution in [3.8, 4) is 11.5 Å². The third kappa shape index (κ3) is 3.70. The van der Waals surface area contributed by atoms with E-state index < -0.39 is 6.67 Å². The van der Waals surface area contributed by atoms with Crippen LogP contribution in [0, 0.1) is 0 Å². The molecule has 0 unspecified atom stereocenters. The number of rotatable bonds is 7. The summed E-state index contributed by atoms with van der Waals surface area (Å²) in [4.78, 5) is 0. The summed E-state index contributed by atoms with van der Waals surface area (Å²) in [6, 6.07) is 5.61. The fourth-order valence-electron chi connectivity index (χ4n) is 1.41. The molecule has 0 saturated carbocycles. The molecule has 1 rings (SSSR count). The second-order valence-electron chi connectivity index (χ2n) is 3.29. The molecular weight excluding hydrogens is 209 g/mol. The van der Waals surface area contributed by atoms with E-state index in [1.54, 1.807) is 6.07 Å². The monoisotopic (exact) mass is 227 g/mol. The van der Waals surface area contributed by atoms with Crippen molar-refractivity contribution in [3.05, 3.63) is 23.8 Å². The standard InChI is InChI=1S/C12H18FNO2/c1-2-15-12-9-10(5-7-14)3-4-11(12)16-8-6-13/h3-4,9H,2,5-8,14H2,1H3. The van der Waals surface area contributed by atoms with Crippen LogP contribution in [0.4, 0.5) is 4.39 Å². The van der Waals surface area contributed by atoms with Gasteiger partial charge in [0.2, 0.25) is 0 Å². The van der Waals surface area contributed by atoms with Crippen molar-refractivity contribution in [1.82, 2.24) is 0 Å². The highest BCUT2D eigenvalue weighted by Crippen LogP contribution is 2.28. The van der Waals surface area contributed by atoms with E-state index in [4.69, 9.17) is 15.2 Å². The number of hydrogen-bond acceptors (Lipinski definition) is 3. The van der Waals surface area contributed by atoms with E-state index in [1.165, 1.54) is 0 Å². The zero-order chi connectivity index (χ0) is 11.8. The van der Waals surface area contributed by atoms with Crippen LogP contribution in [-0.4, -0.2) is 26.4 Å². The summed E-state index contributed by atoms with van der Waals surface area (Å²) in [6.07, 6.45) is 0.795. The van der Waals surface area contributed by atoms with Gasteiger partial charge in [0.1, 0.15) is 13.3 Å². The summed E-state index contributed by atoms with van der Waals surface area (Å²) in [5.74, 6) is 1.24. The molecule has 0 aliphatic rings. The molecule has 0 aliphatic heterocycles. The Bertz CT molecular complexity index is 318. The SMILES string of the molecule is CCOc1cc(CCN)ccc1OCCF. The minimum absolute atomic E-state index is 0.0519. The lowest BCUT2D eigenvalue weighted by atomic mass is 10.1. The first-order chi connectivity index (χ1) is 7.81. The minimum Gasteiger partial charge on any atom is -0.490 e. The van der Waals surface area contributed by atoms with Crippen LogP contribution in [-0.2, 0) is 6.42 Å². The summed E-state index contributed by atoms with van der Waals surface area (Å²) in [5.41, 5.74) is 6.58. The van der Waals surface area contributed by atoms with Crippen LogP contribution in [0.15, 0.2) is 18.2 Å². The number of ether oxygens (including phenoxy) is 2. The molecule has 0 heterocycles. The van der Waals surface area contributed by atoms with Crippen molar-refractivity contribution in [2.24, 2.45) is 5.73 Å². The Hall–Kier alpha value is -1.29. The minimum atomic E-state index is -0.504. The third-order valence-electron chi connectivity index (χ3n) is 2.08. The Balaban J connectivity index is 2.80. The number of nitrogens with two attached hydrogens (primary N) is 1. The zero-order valence-corrected chi connectivity index (χ0v) is 9.54. The van der Waals surface area contributed by atoms with Gasteiger partial charge in [0.25, 0.3) is 0 Å². The molecule has 16 heavy (non-hydrogen) atoms. The molecule has 2 N–H and O–H groups in total. The fourth-order valence-corrected chi connectivity index (χ4v) is 1.41. The van der Waals surface area contributed by atoms with E-state index in [1.807, 2.05) is 19.1 Å².